The number of alkyl halides is 3. The summed E-state index contributed by atoms with van der Waals surface area (Å²) < 4.78 is 60.1. The van der Waals surface area contributed by atoms with E-state index < -0.39 is 44.0 Å². The largest absolute Gasteiger partial charge is 0.471 e. The molecule has 11 nitrogen and oxygen atoms in total. The lowest BCUT2D eigenvalue weighted by molar-refractivity contribution is -0.170. The Kier molecular flexibility index (Phi) is 12.3. The Labute approximate surface area is 276 Å². The molecule has 1 aromatic heterocycles. The highest BCUT2D eigenvalue weighted by atomic mass is 79.9. The second-order valence-corrected chi connectivity index (χ2v) is 19.6. The van der Waals surface area contributed by atoms with Crippen LogP contribution < -0.4 is 15.5 Å². The Morgan fingerprint density at radius 3 is 2.39 bits per heavy atom. The normalized spacial score (nSPS) is 16.1. The third kappa shape index (κ3) is 10.5. The van der Waals surface area contributed by atoms with E-state index in [4.69, 9.17) is 14.5 Å². The molecule has 1 aromatic carbocycles. The molecular formula is C30H43BrF3N5O6Si. The molecule has 3 amide bonds. The predicted molar refractivity (Wildman–Crippen MR) is 174 cm³/mol. The molecule has 1 aliphatic heterocycles. The van der Waals surface area contributed by atoms with Gasteiger partial charge in [0.2, 0.25) is 0 Å². The number of carbonyl (C=O) groups is 3. The van der Waals surface area contributed by atoms with Crippen LogP contribution in [0.15, 0.2) is 22.8 Å². The summed E-state index contributed by atoms with van der Waals surface area (Å²) in [6.07, 6.45) is -5.04. The van der Waals surface area contributed by atoms with Crippen LogP contribution in [0.1, 0.15) is 58.3 Å². The molecule has 16 heteroatoms. The van der Waals surface area contributed by atoms with Crippen LogP contribution in [0.3, 0.4) is 0 Å². The number of hydrogen-bond acceptors (Lipinski definition) is 7. The van der Waals surface area contributed by atoms with Crippen LogP contribution in [0.2, 0.25) is 25.7 Å². The van der Waals surface area contributed by atoms with E-state index in [1.54, 1.807) is 25.3 Å². The maximum Gasteiger partial charge on any atom is 0.471 e. The molecule has 2 heterocycles. The molecule has 1 atom stereocenters. The fourth-order valence-corrected chi connectivity index (χ4v) is 6.08. The standard InChI is InChI=1S/C30H43BrF3N5O6Si/c1-29(2,3)45-28(42)36-21-11-9-8-10-14-38(26(40)30(32,33)34)22-17-19(35-27(41)43-4)12-13-20(22)23-24(31)39(25(21)37-23)18-44-15-16-46(5,6)7/h12-13,17,21H,8-11,14-16,18H2,1-7H3,(H,35,41)(H,36,42). The average Bonchev–Trinajstić information content (AvgIpc) is 3.25. The zero-order valence-electron chi connectivity index (χ0n) is 27.3. The molecule has 0 saturated carbocycles. The predicted octanol–water partition coefficient (Wildman–Crippen LogP) is 7.84. The quantitative estimate of drug-likeness (QED) is 0.220. The van der Waals surface area contributed by atoms with Gasteiger partial charge in [-0.05, 0) is 73.8 Å². The first-order valence-electron chi connectivity index (χ1n) is 15.0. The molecule has 1 aliphatic rings. The van der Waals surface area contributed by atoms with Gasteiger partial charge in [-0.1, -0.05) is 32.5 Å². The molecule has 1 unspecified atom stereocenters. The van der Waals surface area contributed by atoms with Crippen molar-refractivity contribution in [3.63, 3.8) is 0 Å². The van der Waals surface area contributed by atoms with E-state index in [9.17, 15) is 27.6 Å². The van der Waals surface area contributed by atoms with Gasteiger partial charge in [-0.25, -0.2) is 14.6 Å². The molecule has 3 rings (SSSR count). The first-order chi connectivity index (χ1) is 21.3. The second kappa shape index (κ2) is 15.2. The van der Waals surface area contributed by atoms with Crippen LogP contribution in [0.25, 0.3) is 11.3 Å². The van der Waals surface area contributed by atoms with Gasteiger partial charge in [0.25, 0.3) is 0 Å². The Morgan fingerprint density at radius 1 is 1.09 bits per heavy atom. The van der Waals surface area contributed by atoms with E-state index in [-0.39, 0.29) is 42.3 Å². The minimum absolute atomic E-state index is 0.0441. The molecule has 0 spiro atoms. The zero-order chi connectivity index (χ0) is 34.4. The van der Waals surface area contributed by atoms with Gasteiger partial charge in [0.1, 0.15) is 28.5 Å². The number of nitrogens with zero attached hydrogens (tertiary/aromatic N) is 3. The third-order valence-electron chi connectivity index (χ3n) is 6.99. The SMILES string of the molecule is COC(=O)Nc1ccc2c(c1)N(C(=O)C(F)(F)F)CCCCCC(NC(=O)OC(C)(C)C)c1nc-2c(Br)n1COCC[Si](C)(C)C. The molecule has 2 N–H and O–H groups in total. The lowest BCUT2D eigenvalue weighted by atomic mass is 10.0. The van der Waals surface area contributed by atoms with Crippen LogP contribution in [0.5, 0.6) is 0 Å². The molecule has 0 fully saturated rings. The highest BCUT2D eigenvalue weighted by Crippen LogP contribution is 2.41. The summed E-state index contributed by atoms with van der Waals surface area (Å²) in [5.74, 6) is -1.64. The first-order valence-corrected chi connectivity index (χ1v) is 19.5. The summed E-state index contributed by atoms with van der Waals surface area (Å²) in [7, 11) is -0.263. The van der Waals surface area contributed by atoms with E-state index in [1.807, 2.05) is 0 Å². The zero-order valence-corrected chi connectivity index (χ0v) is 29.9. The van der Waals surface area contributed by atoms with Crippen molar-refractivity contribution < 1.29 is 41.8 Å². The number of fused-ring (bicyclic) bond motifs is 4. The first kappa shape index (κ1) is 37.3. The minimum Gasteiger partial charge on any atom is -0.453 e. The maximum atomic E-state index is 13.9. The van der Waals surface area contributed by atoms with Gasteiger partial charge < -0.3 is 24.4 Å². The minimum atomic E-state index is -5.16. The molecule has 2 aromatic rings. The van der Waals surface area contributed by atoms with Crippen molar-refractivity contribution in [2.45, 2.75) is 96.7 Å². The van der Waals surface area contributed by atoms with Crippen molar-refractivity contribution in [2.24, 2.45) is 0 Å². The van der Waals surface area contributed by atoms with Crippen LogP contribution in [0, 0.1) is 0 Å². The number of aromatic nitrogens is 2. The average molecular weight is 735 g/mol. The Bertz CT molecular complexity index is 1410. The van der Waals surface area contributed by atoms with E-state index in [2.05, 4.69) is 50.9 Å². The van der Waals surface area contributed by atoms with Gasteiger partial charge in [-0.3, -0.25) is 14.7 Å². The van der Waals surface area contributed by atoms with Crippen LogP contribution in [-0.4, -0.2) is 67.8 Å². The Balaban J connectivity index is 2.23. The Morgan fingerprint density at radius 2 is 1.78 bits per heavy atom. The van der Waals surface area contributed by atoms with Crippen LogP contribution in [0.4, 0.5) is 34.1 Å². The number of alkyl carbamates (subject to hydrolysis) is 1. The highest BCUT2D eigenvalue weighted by Gasteiger charge is 2.44. The van der Waals surface area contributed by atoms with Crippen molar-refractivity contribution in [1.29, 1.82) is 0 Å². The van der Waals surface area contributed by atoms with Gasteiger partial charge in [0.15, 0.2) is 0 Å². The number of carbonyl (C=O) groups excluding carboxylic acids is 3. The fourth-order valence-electron chi connectivity index (χ4n) is 4.74. The van der Waals surface area contributed by atoms with Gasteiger partial charge in [0, 0.05) is 32.5 Å². The number of rotatable bonds is 7. The van der Waals surface area contributed by atoms with Crippen molar-refractivity contribution in [3.05, 3.63) is 28.6 Å². The van der Waals surface area contributed by atoms with Gasteiger partial charge in [-0.15, -0.1) is 0 Å². The van der Waals surface area contributed by atoms with Crippen LogP contribution in [-0.2, 0) is 25.7 Å². The molecule has 46 heavy (non-hydrogen) atoms. The van der Waals surface area contributed by atoms with Gasteiger partial charge >= 0.3 is 24.3 Å². The van der Waals surface area contributed by atoms with Crippen molar-refractivity contribution in [3.8, 4) is 11.3 Å². The molecule has 0 aliphatic carbocycles. The topological polar surface area (TPSA) is 124 Å². The summed E-state index contributed by atoms with van der Waals surface area (Å²) >= 11 is 3.60. The number of ether oxygens (including phenoxy) is 3. The molecule has 0 saturated heterocycles. The molecular weight excluding hydrogens is 691 g/mol. The number of benzene rings is 1. The van der Waals surface area contributed by atoms with Gasteiger partial charge in [0.05, 0.1) is 18.8 Å². The fraction of sp³-hybridized carbons (Fsp3) is 0.600. The lowest BCUT2D eigenvalue weighted by Gasteiger charge is -2.27. The van der Waals surface area contributed by atoms with E-state index in [0.717, 1.165) is 13.2 Å². The van der Waals surface area contributed by atoms with Crippen molar-refractivity contribution in [1.82, 2.24) is 14.9 Å². The summed E-state index contributed by atoms with van der Waals surface area (Å²) in [4.78, 5) is 43.2. The number of methoxy groups -OCH3 is 1. The molecule has 2 bridgehead atoms. The van der Waals surface area contributed by atoms with Gasteiger partial charge in [-0.2, -0.15) is 13.2 Å². The monoisotopic (exact) mass is 733 g/mol. The highest BCUT2D eigenvalue weighted by molar-refractivity contribution is 9.10. The summed E-state index contributed by atoms with van der Waals surface area (Å²) in [6, 6.07) is 4.51. The number of anilines is 2. The van der Waals surface area contributed by atoms with E-state index >= 15 is 0 Å². The Hall–Kier alpha value is -3.11. The van der Waals surface area contributed by atoms with E-state index in [1.165, 1.54) is 18.2 Å². The summed E-state index contributed by atoms with van der Waals surface area (Å²) in [5.41, 5.74) is -0.323. The lowest BCUT2D eigenvalue weighted by Crippen LogP contribution is -2.42. The number of amides is 3. The van der Waals surface area contributed by atoms with Crippen LogP contribution >= 0.6 is 15.9 Å². The maximum absolute atomic E-state index is 13.9. The number of imidazole rings is 1. The van der Waals surface area contributed by atoms with Crippen molar-refractivity contribution in [2.75, 3.05) is 30.5 Å². The summed E-state index contributed by atoms with van der Waals surface area (Å²) in [5, 5.41) is 5.37. The number of nitrogens with one attached hydrogen (secondary N) is 2. The summed E-state index contributed by atoms with van der Waals surface area (Å²) in [6.45, 7) is 12.2. The van der Waals surface area contributed by atoms with Crippen molar-refractivity contribution >= 4 is 53.5 Å². The second-order valence-electron chi connectivity index (χ2n) is 13.2. The smallest absolute Gasteiger partial charge is 0.453 e. The van der Waals surface area contributed by atoms with E-state index in [0.29, 0.717) is 41.2 Å². The molecule has 0 radical (unpaired) electrons. The molecule has 256 valence electrons. The number of hydrogen-bond donors (Lipinski definition) is 2. The third-order valence-corrected chi connectivity index (χ3v) is 9.50. The number of halogens is 4.